The molecule has 2 aliphatic rings. The minimum absolute atomic E-state index is 0.342. The number of ether oxygens (including phenoxy) is 1. The van der Waals surface area contributed by atoms with Crippen molar-refractivity contribution in [1.82, 2.24) is 19.9 Å². The molecule has 5 heteroatoms. The van der Waals surface area contributed by atoms with Gasteiger partial charge in [-0.15, -0.1) is 0 Å². The molecule has 2 N–H and O–H groups in total. The van der Waals surface area contributed by atoms with E-state index in [1.54, 1.807) is 0 Å². The van der Waals surface area contributed by atoms with Crippen molar-refractivity contribution in [3.05, 3.63) is 64.9 Å². The Morgan fingerprint density at radius 1 is 0.750 bits per heavy atom. The van der Waals surface area contributed by atoms with Crippen LogP contribution in [-0.4, -0.2) is 19.9 Å². The molecule has 32 heavy (non-hydrogen) atoms. The van der Waals surface area contributed by atoms with Gasteiger partial charge in [0.05, 0.1) is 11.4 Å². The molecule has 0 bridgehead atoms. The molecular weight excluding hydrogens is 396 g/mol. The second kappa shape index (κ2) is 7.09. The summed E-state index contributed by atoms with van der Waals surface area (Å²) in [4.78, 5) is 16.5. The molecule has 2 aromatic carbocycles. The SMILES string of the molecule is CC(C)c1nc2c([nH]1)-c1ccc(-c3ccc4c(c3)COc3nc(C(C)C)[nH]c3-4)cc1CC2. The maximum absolute atomic E-state index is 5.97. The number of aromatic nitrogens is 4. The van der Waals surface area contributed by atoms with Crippen LogP contribution in [0.2, 0.25) is 0 Å². The molecule has 0 spiro atoms. The van der Waals surface area contributed by atoms with Crippen molar-refractivity contribution < 1.29 is 4.74 Å². The molecule has 5 nitrogen and oxygen atoms in total. The number of imidazole rings is 2. The molecule has 162 valence electrons. The van der Waals surface area contributed by atoms with E-state index in [1.807, 2.05) is 0 Å². The third kappa shape index (κ3) is 2.99. The number of nitrogens with zero attached hydrogens (tertiary/aromatic N) is 2. The van der Waals surface area contributed by atoms with Crippen molar-refractivity contribution in [3.63, 3.8) is 0 Å². The predicted molar refractivity (Wildman–Crippen MR) is 127 cm³/mol. The van der Waals surface area contributed by atoms with E-state index in [1.165, 1.54) is 44.8 Å². The molecule has 0 unspecified atom stereocenters. The van der Waals surface area contributed by atoms with Crippen LogP contribution in [0.4, 0.5) is 0 Å². The Labute approximate surface area is 188 Å². The molecule has 0 saturated carbocycles. The maximum Gasteiger partial charge on any atom is 0.240 e. The van der Waals surface area contributed by atoms with E-state index >= 15 is 0 Å². The highest BCUT2D eigenvalue weighted by Crippen LogP contribution is 2.40. The zero-order valence-electron chi connectivity index (χ0n) is 19.0. The van der Waals surface area contributed by atoms with Crippen molar-refractivity contribution in [2.75, 3.05) is 0 Å². The minimum Gasteiger partial charge on any atom is -0.471 e. The molecule has 6 rings (SSSR count). The number of fused-ring (bicyclic) bond motifs is 6. The lowest BCUT2D eigenvalue weighted by Gasteiger charge is -2.19. The van der Waals surface area contributed by atoms with Crippen molar-refractivity contribution in [3.8, 4) is 39.5 Å². The monoisotopic (exact) mass is 424 g/mol. The topological polar surface area (TPSA) is 66.6 Å². The number of benzene rings is 2. The fourth-order valence-electron chi connectivity index (χ4n) is 4.80. The van der Waals surface area contributed by atoms with Crippen molar-refractivity contribution in [1.29, 1.82) is 0 Å². The highest BCUT2D eigenvalue weighted by Gasteiger charge is 2.24. The summed E-state index contributed by atoms with van der Waals surface area (Å²) in [5.41, 5.74) is 10.9. The van der Waals surface area contributed by atoms with Crippen LogP contribution in [0.15, 0.2) is 36.4 Å². The average Bonchev–Trinajstić information content (AvgIpc) is 3.43. The third-order valence-electron chi connectivity index (χ3n) is 6.66. The van der Waals surface area contributed by atoms with Gasteiger partial charge >= 0.3 is 0 Å². The fourth-order valence-corrected chi connectivity index (χ4v) is 4.80. The Balaban J connectivity index is 1.36. The number of hydrogen-bond acceptors (Lipinski definition) is 3. The lowest BCUT2D eigenvalue weighted by Crippen LogP contribution is -2.06. The average molecular weight is 425 g/mol. The van der Waals surface area contributed by atoms with Gasteiger partial charge in [-0.25, -0.2) is 4.98 Å². The minimum atomic E-state index is 0.342. The fraction of sp³-hybridized carbons (Fsp3) is 0.333. The summed E-state index contributed by atoms with van der Waals surface area (Å²) in [6.07, 6.45) is 2.02. The van der Waals surface area contributed by atoms with Gasteiger partial charge in [-0.1, -0.05) is 58.0 Å². The molecule has 0 saturated heterocycles. The third-order valence-corrected chi connectivity index (χ3v) is 6.66. The van der Waals surface area contributed by atoms with E-state index in [4.69, 9.17) is 9.72 Å². The summed E-state index contributed by atoms with van der Waals surface area (Å²) in [6, 6.07) is 13.5. The van der Waals surface area contributed by atoms with Gasteiger partial charge in [0.1, 0.15) is 23.9 Å². The van der Waals surface area contributed by atoms with Crippen LogP contribution in [0.5, 0.6) is 5.88 Å². The van der Waals surface area contributed by atoms with E-state index in [-0.39, 0.29) is 0 Å². The summed E-state index contributed by atoms with van der Waals surface area (Å²) < 4.78 is 5.97. The maximum atomic E-state index is 5.97. The molecule has 1 aliphatic carbocycles. The Bertz CT molecular complexity index is 1240. The van der Waals surface area contributed by atoms with Crippen molar-refractivity contribution in [2.24, 2.45) is 0 Å². The first-order chi connectivity index (χ1) is 15.5. The summed E-state index contributed by atoms with van der Waals surface area (Å²) in [5.74, 6) is 3.53. The van der Waals surface area contributed by atoms with Gasteiger partial charge in [-0.3, -0.25) is 0 Å². The Morgan fingerprint density at radius 2 is 1.38 bits per heavy atom. The summed E-state index contributed by atoms with van der Waals surface area (Å²) >= 11 is 0. The van der Waals surface area contributed by atoms with Crippen molar-refractivity contribution in [2.45, 2.75) is 59.0 Å². The van der Waals surface area contributed by atoms with Gasteiger partial charge in [-0.2, -0.15) is 4.98 Å². The Morgan fingerprint density at radius 3 is 2.09 bits per heavy atom. The lowest BCUT2D eigenvalue weighted by atomic mass is 9.89. The van der Waals surface area contributed by atoms with Gasteiger partial charge in [0.15, 0.2) is 0 Å². The first-order valence-corrected chi connectivity index (χ1v) is 11.6. The van der Waals surface area contributed by atoms with E-state index in [2.05, 4.69) is 79.0 Å². The van der Waals surface area contributed by atoms with Gasteiger partial charge in [0.25, 0.3) is 0 Å². The van der Waals surface area contributed by atoms with E-state index < -0.39 is 0 Å². The van der Waals surface area contributed by atoms with Gasteiger partial charge in [0.2, 0.25) is 5.88 Å². The zero-order valence-corrected chi connectivity index (χ0v) is 19.0. The predicted octanol–water partition coefficient (Wildman–Crippen LogP) is 6.37. The van der Waals surface area contributed by atoms with E-state index in [9.17, 15) is 0 Å². The number of rotatable bonds is 3. The number of aromatic amines is 2. The zero-order chi connectivity index (χ0) is 22.0. The molecule has 0 amide bonds. The standard InChI is InChI=1S/C27H28N4O/c1-14(2)25-28-22-10-7-18-11-16(5-8-20(18)23(22)29-25)17-6-9-21-19(12-17)13-32-27-24(21)30-26(31-27)15(3)4/h5-6,8-9,11-12,14-15H,7,10,13H2,1-4H3,(H,28,29)(H,30,31). The Kier molecular flexibility index (Phi) is 4.29. The molecule has 0 atom stereocenters. The van der Waals surface area contributed by atoms with Crippen LogP contribution in [0.1, 0.15) is 68.0 Å². The first kappa shape index (κ1) is 19.4. The number of aryl methyl sites for hydroxylation is 2. The second-order valence-corrected chi connectivity index (χ2v) is 9.59. The number of nitrogens with one attached hydrogen (secondary N) is 2. The smallest absolute Gasteiger partial charge is 0.240 e. The van der Waals surface area contributed by atoms with Crippen LogP contribution in [0.3, 0.4) is 0 Å². The van der Waals surface area contributed by atoms with Gasteiger partial charge in [-0.05, 0) is 41.2 Å². The molecule has 0 radical (unpaired) electrons. The molecule has 2 aromatic heterocycles. The van der Waals surface area contributed by atoms with Crippen LogP contribution in [0, 0.1) is 0 Å². The Hall–Kier alpha value is -3.34. The first-order valence-electron chi connectivity index (χ1n) is 11.6. The highest BCUT2D eigenvalue weighted by molar-refractivity contribution is 5.78. The lowest BCUT2D eigenvalue weighted by molar-refractivity contribution is 0.291. The van der Waals surface area contributed by atoms with Crippen LogP contribution in [-0.2, 0) is 19.4 Å². The van der Waals surface area contributed by atoms with Crippen LogP contribution in [0.25, 0.3) is 33.6 Å². The van der Waals surface area contributed by atoms with Gasteiger partial charge < -0.3 is 14.7 Å². The van der Waals surface area contributed by atoms with Crippen LogP contribution < -0.4 is 4.74 Å². The molecular formula is C27H28N4O. The van der Waals surface area contributed by atoms with E-state index in [0.717, 1.165) is 36.1 Å². The molecule has 3 heterocycles. The summed E-state index contributed by atoms with van der Waals surface area (Å²) in [7, 11) is 0. The number of H-pyrrole nitrogens is 2. The van der Waals surface area contributed by atoms with Gasteiger partial charge in [0, 0.05) is 23.0 Å². The largest absolute Gasteiger partial charge is 0.471 e. The normalized spacial score (nSPS) is 14.1. The van der Waals surface area contributed by atoms with Crippen molar-refractivity contribution >= 4 is 0 Å². The van der Waals surface area contributed by atoms with E-state index in [0.29, 0.717) is 18.4 Å². The molecule has 4 aromatic rings. The van der Waals surface area contributed by atoms with Crippen LogP contribution >= 0.6 is 0 Å². The second-order valence-electron chi connectivity index (χ2n) is 9.59. The molecule has 0 fully saturated rings. The summed E-state index contributed by atoms with van der Waals surface area (Å²) in [6.45, 7) is 9.20. The number of hydrogen-bond donors (Lipinski definition) is 2. The quantitative estimate of drug-likeness (QED) is 0.401. The highest BCUT2D eigenvalue weighted by atomic mass is 16.5. The molecule has 1 aliphatic heterocycles. The summed E-state index contributed by atoms with van der Waals surface area (Å²) in [5, 5.41) is 0.